The van der Waals surface area contributed by atoms with E-state index >= 15 is 0 Å². The standard InChI is InChI=1S/C8H7ClO2/c9-7-2-1-6(11-7)8(5-10)3-4-8/h1-2,5H,3-4H2. The van der Waals surface area contributed by atoms with E-state index < -0.39 is 0 Å². The van der Waals surface area contributed by atoms with Crippen LogP contribution in [0.5, 0.6) is 0 Å². The zero-order chi connectivity index (χ0) is 7.90. The van der Waals surface area contributed by atoms with Crippen molar-refractivity contribution >= 4 is 17.9 Å². The monoisotopic (exact) mass is 170 g/mol. The number of rotatable bonds is 2. The van der Waals surface area contributed by atoms with Crippen LogP contribution >= 0.6 is 11.6 Å². The molecule has 0 unspecified atom stereocenters. The van der Waals surface area contributed by atoms with E-state index in [1.807, 2.05) is 0 Å². The van der Waals surface area contributed by atoms with Crippen LogP contribution in [0.2, 0.25) is 5.22 Å². The van der Waals surface area contributed by atoms with Crippen molar-refractivity contribution in [1.29, 1.82) is 0 Å². The first-order chi connectivity index (χ1) is 5.27. The molecule has 2 rings (SSSR count). The summed E-state index contributed by atoms with van der Waals surface area (Å²) in [6.07, 6.45) is 2.73. The number of hydrogen-bond donors (Lipinski definition) is 0. The zero-order valence-corrected chi connectivity index (χ0v) is 6.60. The molecule has 0 saturated heterocycles. The van der Waals surface area contributed by atoms with Gasteiger partial charge in [0.25, 0.3) is 0 Å². The lowest BCUT2D eigenvalue weighted by Gasteiger charge is -1.99. The summed E-state index contributed by atoms with van der Waals surface area (Å²) in [5.41, 5.74) is -0.326. The lowest BCUT2D eigenvalue weighted by Crippen LogP contribution is -2.05. The summed E-state index contributed by atoms with van der Waals surface area (Å²) in [5.74, 6) is 0.706. The van der Waals surface area contributed by atoms with Crippen molar-refractivity contribution in [3.63, 3.8) is 0 Å². The molecule has 0 bridgehead atoms. The minimum absolute atomic E-state index is 0.326. The number of carbonyl (C=O) groups excluding carboxylic acids is 1. The first-order valence-corrected chi connectivity index (χ1v) is 3.87. The molecular weight excluding hydrogens is 164 g/mol. The average molecular weight is 171 g/mol. The quantitative estimate of drug-likeness (QED) is 0.637. The van der Waals surface area contributed by atoms with Crippen molar-refractivity contribution in [2.45, 2.75) is 18.3 Å². The Bertz CT molecular complexity index is 286. The van der Waals surface area contributed by atoms with Crippen LogP contribution in [0, 0.1) is 0 Å². The van der Waals surface area contributed by atoms with Gasteiger partial charge in [0.15, 0.2) is 5.22 Å². The van der Waals surface area contributed by atoms with Crippen molar-refractivity contribution in [3.05, 3.63) is 23.1 Å². The molecule has 1 heterocycles. The normalized spacial score (nSPS) is 19.7. The first-order valence-electron chi connectivity index (χ1n) is 3.49. The van der Waals surface area contributed by atoms with Gasteiger partial charge in [-0.05, 0) is 36.6 Å². The van der Waals surface area contributed by atoms with Crippen molar-refractivity contribution in [3.8, 4) is 0 Å². The molecule has 1 aromatic rings. The zero-order valence-electron chi connectivity index (χ0n) is 5.84. The highest BCUT2D eigenvalue weighted by atomic mass is 35.5. The SMILES string of the molecule is O=CC1(c2ccc(Cl)o2)CC1. The van der Waals surface area contributed by atoms with Crippen LogP contribution in [0.3, 0.4) is 0 Å². The molecule has 0 radical (unpaired) electrons. The largest absolute Gasteiger partial charge is 0.449 e. The van der Waals surface area contributed by atoms with Gasteiger partial charge >= 0.3 is 0 Å². The molecule has 1 aliphatic carbocycles. The Morgan fingerprint density at radius 1 is 1.55 bits per heavy atom. The van der Waals surface area contributed by atoms with Gasteiger partial charge in [-0.1, -0.05) is 0 Å². The molecule has 0 aliphatic heterocycles. The van der Waals surface area contributed by atoms with Crippen molar-refractivity contribution in [2.75, 3.05) is 0 Å². The van der Waals surface area contributed by atoms with E-state index in [1.165, 1.54) is 0 Å². The average Bonchev–Trinajstić information content (AvgIpc) is 2.70. The second-order valence-electron chi connectivity index (χ2n) is 2.88. The molecule has 0 atom stereocenters. The maximum absolute atomic E-state index is 10.6. The van der Waals surface area contributed by atoms with E-state index in [0.717, 1.165) is 19.1 Å². The number of aldehydes is 1. The van der Waals surface area contributed by atoms with Crippen LogP contribution in [0.4, 0.5) is 0 Å². The number of carbonyl (C=O) groups is 1. The van der Waals surface area contributed by atoms with E-state index in [-0.39, 0.29) is 5.41 Å². The Labute approximate surface area is 69.1 Å². The second-order valence-corrected chi connectivity index (χ2v) is 3.25. The predicted octanol–water partition coefficient (Wildman–Crippen LogP) is 2.16. The van der Waals surface area contributed by atoms with E-state index in [4.69, 9.17) is 16.0 Å². The lowest BCUT2D eigenvalue weighted by molar-refractivity contribution is -0.110. The van der Waals surface area contributed by atoms with Crippen LogP contribution < -0.4 is 0 Å². The molecule has 58 valence electrons. The van der Waals surface area contributed by atoms with Gasteiger partial charge in [0.1, 0.15) is 12.0 Å². The maximum atomic E-state index is 10.6. The van der Waals surface area contributed by atoms with Crippen LogP contribution in [0.15, 0.2) is 16.5 Å². The Hall–Kier alpha value is -0.760. The molecule has 1 saturated carbocycles. The van der Waals surface area contributed by atoms with E-state index in [0.29, 0.717) is 11.0 Å². The molecule has 1 fully saturated rings. The third kappa shape index (κ3) is 0.979. The van der Waals surface area contributed by atoms with Gasteiger partial charge in [0.2, 0.25) is 0 Å². The van der Waals surface area contributed by atoms with Crippen LogP contribution in [-0.2, 0) is 10.2 Å². The minimum Gasteiger partial charge on any atom is -0.449 e. The number of halogens is 1. The summed E-state index contributed by atoms with van der Waals surface area (Å²) >= 11 is 5.57. The van der Waals surface area contributed by atoms with Gasteiger partial charge in [-0.2, -0.15) is 0 Å². The topological polar surface area (TPSA) is 30.2 Å². The molecule has 11 heavy (non-hydrogen) atoms. The summed E-state index contributed by atoms with van der Waals surface area (Å²) in [7, 11) is 0. The Morgan fingerprint density at radius 3 is 2.64 bits per heavy atom. The lowest BCUT2D eigenvalue weighted by atomic mass is 10.1. The number of hydrogen-bond acceptors (Lipinski definition) is 2. The summed E-state index contributed by atoms with van der Waals surface area (Å²) in [5, 5.41) is 0.355. The van der Waals surface area contributed by atoms with Gasteiger partial charge in [-0.15, -0.1) is 0 Å². The third-order valence-corrected chi connectivity index (χ3v) is 2.28. The Balaban J connectivity index is 2.36. The minimum atomic E-state index is -0.326. The van der Waals surface area contributed by atoms with Crippen LogP contribution in [0.1, 0.15) is 18.6 Å². The highest BCUT2D eigenvalue weighted by Crippen LogP contribution is 2.47. The molecule has 3 heteroatoms. The van der Waals surface area contributed by atoms with Crippen molar-refractivity contribution in [2.24, 2.45) is 0 Å². The first kappa shape index (κ1) is 6.92. The maximum Gasteiger partial charge on any atom is 0.193 e. The smallest absolute Gasteiger partial charge is 0.193 e. The van der Waals surface area contributed by atoms with Gasteiger partial charge in [-0.25, -0.2) is 0 Å². The molecule has 2 nitrogen and oxygen atoms in total. The third-order valence-electron chi connectivity index (χ3n) is 2.08. The van der Waals surface area contributed by atoms with Crippen molar-refractivity contribution in [1.82, 2.24) is 0 Å². The molecule has 0 aromatic carbocycles. The fourth-order valence-electron chi connectivity index (χ4n) is 1.14. The second kappa shape index (κ2) is 2.11. The fraction of sp³-hybridized carbons (Fsp3) is 0.375. The Morgan fingerprint density at radius 2 is 2.27 bits per heavy atom. The molecule has 1 aromatic heterocycles. The van der Waals surface area contributed by atoms with E-state index in [2.05, 4.69) is 0 Å². The van der Waals surface area contributed by atoms with Gasteiger partial charge < -0.3 is 9.21 Å². The van der Waals surface area contributed by atoms with Gasteiger partial charge in [0.05, 0.1) is 5.41 Å². The molecule has 0 spiro atoms. The van der Waals surface area contributed by atoms with Gasteiger partial charge in [0, 0.05) is 0 Å². The number of furan rings is 1. The molecule has 0 N–H and O–H groups in total. The van der Waals surface area contributed by atoms with Crippen LogP contribution in [-0.4, -0.2) is 6.29 Å². The Kier molecular flexibility index (Phi) is 1.33. The predicted molar refractivity (Wildman–Crippen MR) is 40.7 cm³/mol. The molecule has 1 aliphatic rings. The van der Waals surface area contributed by atoms with E-state index in [1.54, 1.807) is 12.1 Å². The summed E-state index contributed by atoms with van der Waals surface area (Å²) in [4.78, 5) is 10.6. The van der Waals surface area contributed by atoms with Crippen molar-refractivity contribution < 1.29 is 9.21 Å². The summed E-state index contributed by atoms with van der Waals surface area (Å²) in [6.45, 7) is 0. The summed E-state index contributed by atoms with van der Waals surface area (Å²) in [6, 6.07) is 3.43. The van der Waals surface area contributed by atoms with Crippen LogP contribution in [0.25, 0.3) is 0 Å². The fourth-order valence-corrected chi connectivity index (χ4v) is 1.28. The molecular formula is C8H7ClO2. The van der Waals surface area contributed by atoms with E-state index in [9.17, 15) is 4.79 Å². The molecule has 0 amide bonds. The van der Waals surface area contributed by atoms with Gasteiger partial charge in [-0.3, -0.25) is 0 Å². The highest BCUT2D eigenvalue weighted by molar-refractivity contribution is 6.28. The highest BCUT2D eigenvalue weighted by Gasteiger charge is 2.47. The summed E-state index contributed by atoms with van der Waals surface area (Å²) < 4.78 is 5.14.